The summed E-state index contributed by atoms with van der Waals surface area (Å²) in [4.78, 5) is 11.8. The highest BCUT2D eigenvalue weighted by Crippen LogP contribution is 2.24. The lowest BCUT2D eigenvalue weighted by Crippen LogP contribution is -2.49. The van der Waals surface area contributed by atoms with Crippen LogP contribution in [0.5, 0.6) is 0 Å². The predicted octanol–water partition coefficient (Wildman–Crippen LogP) is 0.864. The van der Waals surface area contributed by atoms with Crippen LogP contribution in [0.25, 0.3) is 0 Å². The van der Waals surface area contributed by atoms with Gasteiger partial charge in [0.25, 0.3) is 0 Å². The van der Waals surface area contributed by atoms with Crippen LogP contribution in [0.2, 0.25) is 0 Å². The average molecular weight is 241 g/mol. The standard InChI is InChI=1S/C13H27N3O/c1-9(2)8-15-13(17)10(3)16-12-6-4-5-11(12)7-14/h9-12,16H,4-8,14H2,1-3H3,(H,15,17). The monoisotopic (exact) mass is 241 g/mol. The van der Waals surface area contributed by atoms with E-state index in [1.54, 1.807) is 0 Å². The van der Waals surface area contributed by atoms with E-state index in [0.717, 1.165) is 19.5 Å². The third-order valence-electron chi connectivity index (χ3n) is 3.50. The highest BCUT2D eigenvalue weighted by atomic mass is 16.2. The normalized spacial score (nSPS) is 26.2. The molecular formula is C13H27N3O. The summed E-state index contributed by atoms with van der Waals surface area (Å²) in [6.45, 7) is 7.59. The molecule has 100 valence electrons. The van der Waals surface area contributed by atoms with Crippen LogP contribution in [0.4, 0.5) is 0 Å². The van der Waals surface area contributed by atoms with Crippen LogP contribution in [0.15, 0.2) is 0 Å². The van der Waals surface area contributed by atoms with Crippen molar-refractivity contribution in [1.82, 2.24) is 10.6 Å². The Morgan fingerprint density at radius 2 is 2.06 bits per heavy atom. The van der Waals surface area contributed by atoms with Gasteiger partial charge in [-0.25, -0.2) is 0 Å². The SMILES string of the molecule is CC(C)CNC(=O)C(C)NC1CCCC1CN. The van der Waals surface area contributed by atoms with Crippen LogP contribution in [0.1, 0.15) is 40.0 Å². The summed E-state index contributed by atoms with van der Waals surface area (Å²) in [6, 6.07) is 0.297. The summed E-state index contributed by atoms with van der Waals surface area (Å²) >= 11 is 0. The first-order valence-corrected chi connectivity index (χ1v) is 6.78. The number of hydrogen-bond acceptors (Lipinski definition) is 3. The lowest BCUT2D eigenvalue weighted by atomic mass is 10.0. The second-order valence-corrected chi connectivity index (χ2v) is 5.56. The Morgan fingerprint density at radius 3 is 2.65 bits per heavy atom. The Kier molecular flexibility index (Phi) is 5.92. The quantitative estimate of drug-likeness (QED) is 0.646. The summed E-state index contributed by atoms with van der Waals surface area (Å²) in [6.07, 6.45) is 3.55. The van der Waals surface area contributed by atoms with Gasteiger partial charge in [0.1, 0.15) is 0 Å². The zero-order valence-electron chi connectivity index (χ0n) is 11.3. The van der Waals surface area contributed by atoms with Gasteiger partial charge in [-0.05, 0) is 38.1 Å². The van der Waals surface area contributed by atoms with Crippen molar-refractivity contribution in [2.45, 2.75) is 52.1 Å². The number of nitrogens with two attached hydrogens (primary N) is 1. The molecule has 1 aliphatic carbocycles. The topological polar surface area (TPSA) is 67.2 Å². The van der Waals surface area contributed by atoms with Crippen LogP contribution in [0.3, 0.4) is 0 Å². The van der Waals surface area contributed by atoms with Crippen molar-refractivity contribution in [3.8, 4) is 0 Å². The molecule has 0 saturated heterocycles. The van der Waals surface area contributed by atoms with E-state index in [4.69, 9.17) is 5.73 Å². The summed E-state index contributed by atoms with van der Waals surface area (Å²) in [7, 11) is 0. The highest BCUT2D eigenvalue weighted by Gasteiger charge is 2.28. The Hall–Kier alpha value is -0.610. The fourth-order valence-electron chi connectivity index (χ4n) is 2.39. The first-order chi connectivity index (χ1) is 8.04. The predicted molar refractivity (Wildman–Crippen MR) is 70.6 cm³/mol. The molecule has 3 atom stereocenters. The minimum atomic E-state index is -0.120. The first kappa shape index (κ1) is 14.5. The van der Waals surface area contributed by atoms with Gasteiger partial charge in [-0.3, -0.25) is 4.79 Å². The molecule has 1 fully saturated rings. The Labute approximate surface area is 105 Å². The van der Waals surface area contributed by atoms with Crippen LogP contribution in [-0.2, 0) is 4.79 Å². The van der Waals surface area contributed by atoms with Gasteiger partial charge in [0.15, 0.2) is 0 Å². The second-order valence-electron chi connectivity index (χ2n) is 5.56. The summed E-state index contributed by atoms with van der Waals surface area (Å²) in [5, 5.41) is 6.37. The van der Waals surface area contributed by atoms with Crippen LogP contribution >= 0.6 is 0 Å². The maximum absolute atomic E-state index is 11.8. The molecule has 3 unspecified atom stereocenters. The largest absolute Gasteiger partial charge is 0.354 e. The lowest BCUT2D eigenvalue weighted by Gasteiger charge is -2.24. The smallest absolute Gasteiger partial charge is 0.236 e. The number of carbonyl (C=O) groups excluding carboxylic acids is 1. The number of amides is 1. The zero-order valence-corrected chi connectivity index (χ0v) is 11.3. The third-order valence-corrected chi connectivity index (χ3v) is 3.50. The van der Waals surface area contributed by atoms with Crippen molar-refractivity contribution in [1.29, 1.82) is 0 Å². The molecule has 0 radical (unpaired) electrons. The molecule has 1 rings (SSSR count). The molecule has 0 aromatic heterocycles. The Bertz CT molecular complexity index is 243. The Morgan fingerprint density at radius 1 is 1.35 bits per heavy atom. The molecule has 0 aromatic carbocycles. The summed E-state index contributed by atoms with van der Waals surface area (Å²) in [5.41, 5.74) is 5.73. The zero-order chi connectivity index (χ0) is 12.8. The van der Waals surface area contributed by atoms with Crippen molar-refractivity contribution in [2.75, 3.05) is 13.1 Å². The van der Waals surface area contributed by atoms with E-state index in [0.29, 0.717) is 17.9 Å². The van der Waals surface area contributed by atoms with Gasteiger partial charge in [0.2, 0.25) is 5.91 Å². The molecule has 1 amide bonds. The van der Waals surface area contributed by atoms with Gasteiger partial charge in [-0.2, -0.15) is 0 Å². The van der Waals surface area contributed by atoms with Crippen molar-refractivity contribution in [3.05, 3.63) is 0 Å². The molecule has 0 bridgehead atoms. The molecule has 1 aliphatic rings. The summed E-state index contributed by atoms with van der Waals surface area (Å²) < 4.78 is 0. The molecule has 0 aliphatic heterocycles. The third kappa shape index (κ3) is 4.64. The molecule has 0 spiro atoms. The van der Waals surface area contributed by atoms with Gasteiger partial charge in [-0.15, -0.1) is 0 Å². The van der Waals surface area contributed by atoms with Crippen molar-refractivity contribution >= 4 is 5.91 Å². The molecule has 4 nitrogen and oxygen atoms in total. The van der Waals surface area contributed by atoms with Gasteiger partial charge < -0.3 is 16.4 Å². The van der Waals surface area contributed by atoms with E-state index in [2.05, 4.69) is 24.5 Å². The first-order valence-electron chi connectivity index (χ1n) is 6.78. The number of hydrogen-bond donors (Lipinski definition) is 3. The second kappa shape index (κ2) is 6.97. The van der Waals surface area contributed by atoms with Crippen molar-refractivity contribution in [3.63, 3.8) is 0 Å². The number of carbonyl (C=O) groups is 1. The van der Waals surface area contributed by atoms with E-state index in [1.165, 1.54) is 12.8 Å². The maximum atomic E-state index is 11.8. The number of rotatable bonds is 6. The fraction of sp³-hybridized carbons (Fsp3) is 0.923. The van der Waals surface area contributed by atoms with Gasteiger partial charge in [0, 0.05) is 12.6 Å². The molecule has 0 heterocycles. The highest BCUT2D eigenvalue weighted by molar-refractivity contribution is 5.81. The molecule has 4 N–H and O–H groups in total. The van der Waals surface area contributed by atoms with E-state index in [9.17, 15) is 4.79 Å². The Balaban J connectivity index is 2.32. The lowest BCUT2D eigenvalue weighted by molar-refractivity contribution is -0.123. The van der Waals surface area contributed by atoms with Crippen LogP contribution in [-0.4, -0.2) is 31.1 Å². The molecule has 1 saturated carbocycles. The van der Waals surface area contributed by atoms with Crippen LogP contribution in [0, 0.1) is 11.8 Å². The van der Waals surface area contributed by atoms with Gasteiger partial charge in [-0.1, -0.05) is 20.3 Å². The fourth-order valence-corrected chi connectivity index (χ4v) is 2.39. The minimum absolute atomic E-state index is 0.0985. The van der Waals surface area contributed by atoms with Crippen molar-refractivity contribution < 1.29 is 4.79 Å². The van der Waals surface area contributed by atoms with Gasteiger partial charge in [0.05, 0.1) is 6.04 Å². The maximum Gasteiger partial charge on any atom is 0.236 e. The van der Waals surface area contributed by atoms with Crippen molar-refractivity contribution in [2.24, 2.45) is 17.6 Å². The van der Waals surface area contributed by atoms with E-state index < -0.39 is 0 Å². The van der Waals surface area contributed by atoms with Crippen LogP contribution < -0.4 is 16.4 Å². The molecular weight excluding hydrogens is 214 g/mol. The van der Waals surface area contributed by atoms with Gasteiger partial charge >= 0.3 is 0 Å². The van der Waals surface area contributed by atoms with E-state index in [1.807, 2.05) is 6.92 Å². The minimum Gasteiger partial charge on any atom is -0.354 e. The molecule has 0 aromatic rings. The molecule has 4 heteroatoms. The van der Waals surface area contributed by atoms with E-state index in [-0.39, 0.29) is 11.9 Å². The number of nitrogens with one attached hydrogen (secondary N) is 2. The summed E-state index contributed by atoms with van der Waals surface area (Å²) in [5.74, 6) is 1.13. The molecule has 17 heavy (non-hydrogen) atoms. The average Bonchev–Trinajstić information content (AvgIpc) is 2.72. The van der Waals surface area contributed by atoms with E-state index >= 15 is 0 Å².